The number of urea groups is 1. The van der Waals surface area contributed by atoms with Crippen LogP contribution in [0.4, 0.5) is 4.79 Å². The summed E-state index contributed by atoms with van der Waals surface area (Å²) in [6.45, 7) is 2.72. The number of morpholine rings is 1. The van der Waals surface area contributed by atoms with Gasteiger partial charge in [0.1, 0.15) is 6.61 Å². The summed E-state index contributed by atoms with van der Waals surface area (Å²) in [4.78, 5) is 32.3. The number of carbonyl (C=O) groups excluding carboxylic acids is 2. The molecule has 0 aliphatic carbocycles. The van der Waals surface area contributed by atoms with E-state index >= 15 is 0 Å². The fraction of sp³-hybridized carbons (Fsp3) is 0.476. The minimum absolute atomic E-state index is 0.0186. The molecule has 0 spiro atoms. The van der Waals surface area contributed by atoms with Gasteiger partial charge in [0.2, 0.25) is 5.91 Å². The van der Waals surface area contributed by atoms with Crippen LogP contribution < -0.4 is 11.1 Å². The summed E-state index contributed by atoms with van der Waals surface area (Å²) < 4.78 is 5.56. The van der Waals surface area contributed by atoms with Crippen LogP contribution in [0.2, 0.25) is 0 Å². The highest BCUT2D eigenvalue weighted by Gasteiger charge is 2.40. The molecule has 3 fully saturated rings. The molecule has 8 heteroatoms. The largest absolute Gasteiger partial charge is 0.405 e. The van der Waals surface area contributed by atoms with Crippen molar-refractivity contribution in [1.82, 2.24) is 15.1 Å². The Morgan fingerprint density at radius 3 is 2.69 bits per heavy atom. The number of aliphatic imine (C=N–C) groups is 1. The van der Waals surface area contributed by atoms with Gasteiger partial charge < -0.3 is 25.6 Å². The molecule has 3 aliphatic heterocycles. The van der Waals surface area contributed by atoms with Gasteiger partial charge in [-0.15, -0.1) is 0 Å². The number of likely N-dealkylation sites (tertiary alicyclic amines) is 2. The lowest BCUT2D eigenvalue weighted by Crippen LogP contribution is -2.63. The summed E-state index contributed by atoms with van der Waals surface area (Å²) in [6, 6.07) is 8.22. The second-order valence-corrected chi connectivity index (χ2v) is 7.73. The quantitative estimate of drug-likeness (QED) is 0.733. The highest BCUT2D eigenvalue weighted by atomic mass is 16.5. The van der Waals surface area contributed by atoms with Crippen molar-refractivity contribution < 1.29 is 14.3 Å². The molecule has 3 heterocycles. The first kappa shape index (κ1) is 19.4. The number of nitrogens with zero attached hydrogens (tertiary/aromatic N) is 3. The molecular weight excluding hydrogens is 370 g/mol. The summed E-state index contributed by atoms with van der Waals surface area (Å²) in [6.07, 6.45) is 4.04. The number of allylic oxidation sites excluding steroid dienone is 1. The Labute approximate surface area is 170 Å². The zero-order chi connectivity index (χ0) is 20.4. The molecule has 3 saturated heterocycles. The van der Waals surface area contributed by atoms with Crippen LogP contribution in [0, 0.1) is 0 Å². The third kappa shape index (κ3) is 3.98. The van der Waals surface area contributed by atoms with Gasteiger partial charge in [-0.2, -0.15) is 0 Å². The highest BCUT2D eigenvalue weighted by Crippen LogP contribution is 2.29. The highest BCUT2D eigenvalue weighted by molar-refractivity contribution is 6.08. The number of hydrogen-bond acceptors (Lipinski definition) is 5. The fourth-order valence-electron chi connectivity index (χ4n) is 4.24. The van der Waals surface area contributed by atoms with Gasteiger partial charge in [0.25, 0.3) is 0 Å². The number of benzene rings is 1. The summed E-state index contributed by atoms with van der Waals surface area (Å²) in [7, 11) is 1.74. The van der Waals surface area contributed by atoms with Crippen LogP contribution in [-0.2, 0) is 9.53 Å². The van der Waals surface area contributed by atoms with Crippen molar-refractivity contribution >= 4 is 17.6 Å². The topological polar surface area (TPSA) is 100 Å². The average molecular weight is 397 g/mol. The minimum Gasteiger partial charge on any atom is -0.405 e. The Hall–Kier alpha value is -2.87. The van der Waals surface area contributed by atoms with Crippen molar-refractivity contribution in [3.8, 4) is 0 Å². The standard InChI is InChI=1S/C21H27N5O3/c1-23-17(6-8-22)15-4-2-14(3-5-15)16-10-26(11-16)21(28)25-9-7-19-18(12-25)24-20(27)13-29-19/h2-6,8,16,18-19H,7,9-13,22H2,1H3,(H,24,27)/b8-6-,23-17?/t18-,19+/m1/s1. The molecule has 3 amide bonds. The van der Waals surface area contributed by atoms with Crippen LogP contribution in [-0.4, -0.2) is 79.4 Å². The van der Waals surface area contributed by atoms with Crippen LogP contribution in [0.3, 0.4) is 0 Å². The van der Waals surface area contributed by atoms with Crippen LogP contribution in [0.1, 0.15) is 23.5 Å². The second-order valence-electron chi connectivity index (χ2n) is 7.73. The van der Waals surface area contributed by atoms with Crippen molar-refractivity contribution in [2.75, 3.05) is 39.8 Å². The van der Waals surface area contributed by atoms with E-state index in [2.05, 4.69) is 22.4 Å². The van der Waals surface area contributed by atoms with E-state index in [1.807, 2.05) is 21.9 Å². The summed E-state index contributed by atoms with van der Waals surface area (Å²) in [5.41, 5.74) is 8.55. The molecule has 154 valence electrons. The molecule has 2 atom stereocenters. The molecule has 1 aromatic carbocycles. The van der Waals surface area contributed by atoms with Crippen molar-refractivity contribution in [2.45, 2.75) is 24.5 Å². The van der Waals surface area contributed by atoms with Gasteiger partial charge >= 0.3 is 6.03 Å². The number of fused-ring (bicyclic) bond motifs is 1. The first-order chi connectivity index (χ1) is 14.1. The summed E-state index contributed by atoms with van der Waals surface area (Å²) >= 11 is 0. The smallest absolute Gasteiger partial charge is 0.320 e. The Morgan fingerprint density at radius 1 is 1.24 bits per heavy atom. The molecule has 3 aliphatic rings. The molecule has 29 heavy (non-hydrogen) atoms. The van der Waals surface area contributed by atoms with E-state index in [0.717, 1.165) is 17.7 Å². The van der Waals surface area contributed by atoms with Gasteiger partial charge in [-0.1, -0.05) is 24.3 Å². The lowest BCUT2D eigenvalue weighted by atomic mass is 9.90. The van der Waals surface area contributed by atoms with Crippen molar-refractivity contribution in [3.05, 3.63) is 47.7 Å². The first-order valence-electron chi connectivity index (χ1n) is 9.99. The minimum atomic E-state index is -0.105. The SMILES string of the molecule is CN=C(/C=C\N)c1ccc(C2CN(C(=O)N3CC[C@@H]4OCC(=O)N[C@@H]4C3)C2)cc1. The van der Waals surface area contributed by atoms with E-state index in [1.54, 1.807) is 13.1 Å². The zero-order valence-corrected chi connectivity index (χ0v) is 16.6. The lowest BCUT2D eigenvalue weighted by molar-refractivity contribution is -0.139. The Morgan fingerprint density at radius 2 is 2.00 bits per heavy atom. The van der Waals surface area contributed by atoms with Gasteiger partial charge in [-0.3, -0.25) is 9.79 Å². The van der Waals surface area contributed by atoms with E-state index in [1.165, 1.54) is 11.8 Å². The van der Waals surface area contributed by atoms with Crippen molar-refractivity contribution in [3.63, 3.8) is 0 Å². The molecule has 1 aromatic rings. The zero-order valence-electron chi connectivity index (χ0n) is 16.6. The average Bonchev–Trinajstić information content (AvgIpc) is 2.71. The van der Waals surface area contributed by atoms with Crippen LogP contribution >= 0.6 is 0 Å². The fourth-order valence-corrected chi connectivity index (χ4v) is 4.24. The Balaban J connectivity index is 1.31. The number of amides is 3. The van der Waals surface area contributed by atoms with E-state index in [4.69, 9.17) is 10.5 Å². The molecular formula is C21H27N5O3. The number of carbonyl (C=O) groups is 2. The van der Waals surface area contributed by atoms with Gasteiger partial charge in [0.05, 0.1) is 17.9 Å². The monoisotopic (exact) mass is 397 g/mol. The third-order valence-corrected chi connectivity index (χ3v) is 5.92. The maximum Gasteiger partial charge on any atom is 0.320 e. The predicted molar refractivity (Wildman–Crippen MR) is 110 cm³/mol. The number of nitrogens with two attached hydrogens (primary N) is 1. The van der Waals surface area contributed by atoms with E-state index < -0.39 is 0 Å². The summed E-state index contributed by atoms with van der Waals surface area (Å²) in [5.74, 6) is 0.238. The van der Waals surface area contributed by atoms with Crippen molar-refractivity contribution in [1.29, 1.82) is 0 Å². The van der Waals surface area contributed by atoms with Crippen LogP contribution in [0.15, 0.2) is 41.5 Å². The van der Waals surface area contributed by atoms with Gasteiger partial charge in [0, 0.05) is 39.1 Å². The number of rotatable bonds is 3. The molecule has 8 nitrogen and oxygen atoms in total. The molecule has 0 unspecified atom stereocenters. The maximum atomic E-state index is 12.8. The lowest BCUT2D eigenvalue weighted by Gasteiger charge is -2.46. The number of ether oxygens (including phenoxy) is 1. The van der Waals surface area contributed by atoms with Gasteiger partial charge in [0.15, 0.2) is 0 Å². The van der Waals surface area contributed by atoms with E-state index in [-0.39, 0.29) is 30.7 Å². The van der Waals surface area contributed by atoms with Crippen LogP contribution in [0.25, 0.3) is 0 Å². The Bertz CT molecular complexity index is 829. The van der Waals surface area contributed by atoms with E-state index in [9.17, 15) is 9.59 Å². The predicted octanol–water partition coefficient (Wildman–Crippen LogP) is 0.686. The Kier molecular flexibility index (Phi) is 5.53. The number of nitrogens with one attached hydrogen (secondary N) is 1. The summed E-state index contributed by atoms with van der Waals surface area (Å²) in [5, 5.41) is 2.94. The van der Waals surface area contributed by atoms with Crippen LogP contribution in [0.5, 0.6) is 0 Å². The van der Waals surface area contributed by atoms with Gasteiger partial charge in [-0.25, -0.2) is 4.79 Å². The molecule has 0 saturated carbocycles. The molecule has 0 bridgehead atoms. The normalized spacial score (nSPS) is 25.6. The number of piperidine rings is 1. The maximum absolute atomic E-state index is 12.8. The molecule has 0 aromatic heterocycles. The second kappa shape index (κ2) is 8.24. The van der Waals surface area contributed by atoms with Gasteiger partial charge in [-0.05, 0) is 29.8 Å². The molecule has 4 rings (SSSR count). The van der Waals surface area contributed by atoms with Crippen molar-refractivity contribution in [2.24, 2.45) is 10.7 Å². The third-order valence-electron chi connectivity index (χ3n) is 5.92. The molecule has 3 N–H and O–H groups in total. The number of hydrogen-bond donors (Lipinski definition) is 2. The van der Waals surface area contributed by atoms with E-state index in [0.29, 0.717) is 32.1 Å². The first-order valence-corrected chi connectivity index (χ1v) is 9.99. The molecule has 0 radical (unpaired) electrons.